The first-order valence-electron chi connectivity index (χ1n) is 9.88. The predicted molar refractivity (Wildman–Crippen MR) is 98.6 cm³/mol. The molecule has 0 spiro atoms. The van der Waals surface area contributed by atoms with E-state index in [1.54, 1.807) is 38.5 Å². The molecular formula is C21H42. The van der Waals surface area contributed by atoms with Crippen LogP contribution < -0.4 is 0 Å². The summed E-state index contributed by atoms with van der Waals surface area (Å²) in [5.41, 5.74) is 0. The fraction of sp³-hybridized carbons (Fsp3) is 0.905. The molecule has 3 rings (SSSR count). The second kappa shape index (κ2) is 7.34. The molecule has 0 amide bonds. The molecule has 126 valence electrons. The molecular weight excluding hydrogens is 252 g/mol. The smallest absolute Gasteiger partial charge is 0 e. The summed E-state index contributed by atoms with van der Waals surface area (Å²) in [6.45, 7) is 6.44. The van der Waals surface area contributed by atoms with Gasteiger partial charge in [-0.25, -0.2) is 0 Å². The molecule has 0 bridgehead atoms. The van der Waals surface area contributed by atoms with E-state index in [1.807, 2.05) is 0 Å². The van der Waals surface area contributed by atoms with Crippen molar-refractivity contribution in [2.24, 2.45) is 35.5 Å². The van der Waals surface area contributed by atoms with E-state index in [-0.39, 0.29) is 4.28 Å². The standard InChI is InChI=1S/C21H36.3H2/c1-3-17-6-10-19(11-7-17)21-14-12-20(13-15-21)18-8-4-16(2)5-9-18;;;/h3,16-21H,1,4-15H2,2H3;3*1H. The molecule has 3 aliphatic carbocycles. The quantitative estimate of drug-likeness (QED) is 0.477. The highest BCUT2D eigenvalue weighted by Gasteiger charge is 2.33. The van der Waals surface area contributed by atoms with Crippen LogP contribution >= 0.6 is 0 Å². The molecule has 0 N–H and O–H groups in total. The molecule has 0 heterocycles. The van der Waals surface area contributed by atoms with Crippen LogP contribution in [0.3, 0.4) is 0 Å². The summed E-state index contributed by atoms with van der Waals surface area (Å²) in [4.78, 5) is 0. The number of allylic oxidation sites excluding steroid dienone is 1. The highest BCUT2D eigenvalue weighted by atomic mass is 14.4. The number of hydrogen-bond donors (Lipinski definition) is 0. The zero-order valence-electron chi connectivity index (χ0n) is 14.2. The van der Waals surface area contributed by atoms with E-state index >= 15 is 0 Å². The summed E-state index contributed by atoms with van der Waals surface area (Å²) in [6, 6.07) is 0. The van der Waals surface area contributed by atoms with Crippen LogP contribution in [0.2, 0.25) is 0 Å². The molecule has 0 aromatic heterocycles. The third-order valence-electron chi connectivity index (χ3n) is 7.36. The summed E-state index contributed by atoms with van der Waals surface area (Å²) in [5.74, 6) is 6.18. The molecule has 0 radical (unpaired) electrons. The monoisotopic (exact) mass is 294 g/mol. The molecule has 0 atom stereocenters. The van der Waals surface area contributed by atoms with Gasteiger partial charge in [0.2, 0.25) is 0 Å². The molecule has 3 aliphatic rings. The van der Waals surface area contributed by atoms with E-state index in [1.165, 1.54) is 38.5 Å². The van der Waals surface area contributed by atoms with E-state index in [9.17, 15) is 0 Å². The highest BCUT2D eigenvalue weighted by Crippen LogP contribution is 2.45. The first-order valence-corrected chi connectivity index (χ1v) is 9.88. The maximum atomic E-state index is 3.99. The van der Waals surface area contributed by atoms with Crippen LogP contribution in [-0.2, 0) is 0 Å². The highest BCUT2D eigenvalue weighted by molar-refractivity contribution is 4.88. The van der Waals surface area contributed by atoms with Gasteiger partial charge in [0.15, 0.2) is 0 Å². The van der Waals surface area contributed by atoms with Gasteiger partial charge in [0.25, 0.3) is 0 Å². The van der Waals surface area contributed by atoms with Crippen molar-refractivity contribution in [3.05, 3.63) is 12.7 Å². The Labute approximate surface area is 137 Å². The first kappa shape index (κ1) is 15.6. The molecule has 0 nitrogen and oxygen atoms in total. The normalized spacial score (nSPS) is 45.2. The molecule has 0 heteroatoms. The number of hydrogen-bond acceptors (Lipinski definition) is 0. The minimum Gasteiger partial charge on any atom is -0.103 e. The molecule has 0 saturated heterocycles. The Morgan fingerprint density at radius 3 is 1.33 bits per heavy atom. The van der Waals surface area contributed by atoms with Crippen LogP contribution in [0.15, 0.2) is 12.7 Å². The average Bonchev–Trinajstić information content (AvgIpc) is 2.56. The third-order valence-corrected chi connectivity index (χ3v) is 7.36. The lowest BCUT2D eigenvalue weighted by Crippen LogP contribution is -2.29. The Bertz CT molecular complexity index is 320. The van der Waals surface area contributed by atoms with Gasteiger partial charge in [-0.3, -0.25) is 0 Å². The van der Waals surface area contributed by atoms with Gasteiger partial charge in [-0.1, -0.05) is 25.8 Å². The summed E-state index contributed by atoms with van der Waals surface area (Å²) in [7, 11) is 0. The molecule has 3 fully saturated rings. The van der Waals surface area contributed by atoms with Crippen molar-refractivity contribution in [1.29, 1.82) is 0 Å². The SMILES string of the molecule is C=CC1CCC(C2CCC(C3CCC(C)CC3)CC2)CC1.[HH].[HH].[HH]. The molecule has 0 unspecified atom stereocenters. The van der Waals surface area contributed by atoms with Gasteiger partial charge in [-0.05, 0) is 99.7 Å². The van der Waals surface area contributed by atoms with Gasteiger partial charge >= 0.3 is 0 Å². The zero-order valence-corrected chi connectivity index (χ0v) is 14.2. The molecule has 3 saturated carbocycles. The second-order valence-electron chi connectivity index (χ2n) is 8.61. The fourth-order valence-electron chi connectivity index (χ4n) is 5.70. The van der Waals surface area contributed by atoms with Crippen LogP contribution in [0.25, 0.3) is 0 Å². The largest absolute Gasteiger partial charge is 0.103 e. The Kier molecular flexibility index (Phi) is 5.46. The first-order chi connectivity index (χ1) is 10.3. The second-order valence-corrected chi connectivity index (χ2v) is 8.61. The van der Waals surface area contributed by atoms with Gasteiger partial charge < -0.3 is 0 Å². The maximum Gasteiger partial charge on any atom is 0 e. The van der Waals surface area contributed by atoms with Crippen molar-refractivity contribution in [1.82, 2.24) is 0 Å². The average molecular weight is 295 g/mol. The van der Waals surface area contributed by atoms with Crippen LogP contribution in [0.4, 0.5) is 0 Å². The Morgan fingerprint density at radius 1 is 0.619 bits per heavy atom. The summed E-state index contributed by atoms with van der Waals surface area (Å²) in [6.07, 6.45) is 20.4. The van der Waals surface area contributed by atoms with Crippen LogP contribution in [-0.4, -0.2) is 0 Å². The van der Waals surface area contributed by atoms with Gasteiger partial charge in [0.1, 0.15) is 0 Å². The molecule has 0 aliphatic heterocycles. The van der Waals surface area contributed by atoms with Gasteiger partial charge in [0, 0.05) is 4.28 Å². The molecule has 0 aromatic rings. The van der Waals surface area contributed by atoms with E-state index in [0.717, 1.165) is 35.5 Å². The van der Waals surface area contributed by atoms with Gasteiger partial charge in [0.05, 0.1) is 0 Å². The Balaban J connectivity index is 0.00000176. The topological polar surface area (TPSA) is 0 Å². The van der Waals surface area contributed by atoms with Crippen molar-refractivity contribution in [3.8, 4) is 0 Å². The number of rotatable bonds is 3. The lowest BCUT2D eigenvalue weighted by atomic mass is 9.65. The van der Waals surface area contributed by atoms with Crippen molar-refractivity contribution < 1.29 is 4.28 Å². The molecule has 0 aromatic carbocycles. The minimum absolute atomic E-state index is 0. The fourth-order valence-corrected chi connectivity index (χ4v) is 5.70. The minimum atomic E-state index is 0. The van der Waals surface area contributed by atoms with E-state index in [0.29, 0.717) is 0 Å². The lowest BCUT2D eigenvalue weighted by molar-refractivity contribution is 0.110. The Hall–Kier alpha value is -0.260. The summed E-state index contributed by atoms with van der Waals surface area (Å²) >= 11 is 0. The van der Waals surface area contributed by atoms with Crippen LogP contribution in [0.5, 0.6) is 0 Å². The zero-order chi connectivity index (χ0) is 14.7. The Morgan fingerprint density at radius 2 is 0.952 bits per heavy atom. The van der Waals surface area contributed by atoms with Crippen LogP contribution in [0.1, 0.15) is 88.3 Å². The van der Waals surface area contributed by atoms with E-state index in [4.69, 9.17) is 0 Å². The van der Waals surface area contributed by atoms with Gasteiger partial charge in [-0.2, -0.15) is 0 Å². The van der Waals surface area contributed by atoms with Crippen molar-refractivity contribution >= 4 is 0 Å². The van der Waals surface area contributed by atoms with Crippen molar-refractivity contribution in [3.63, 3.8) is 0 Å². The van der Waals surface area contributed by atoms with Crippen molar-refractivity contribution in [2.75, 3.05) is 0 Å². The predicted octanol–water partition coefficient (Wildman–Crippen LogP) is 7.35. The summed E-state index contributed by atoms with van der Waals surface area (Å²) in [5, 5.41) is 0. The van der Waals surface area contributed by atoms with Gasteiger partial charge in [-0.15, -0.1) is 6.58 Å². The lowest BCUT2D eigenvalue weighted by Gasteiger charge is -2.41. The van der Waals surface area contributed by atoms with E-state index in [2.05, 4.69) is 19.6 Å². The molecule has 21 heavy (non-hydrogen) atoms. The summed E-state index contributed by atoms with van der Waals surface area (Å²) < 4.78 is 0. The third kappa shape index (κ3) is 3.93. The maximum absolute atomic E-state index is 3.99. The van der Waals surface area contributed by atoms with Crippen LogP contribution in [0, 0.1) is 35.5 Å². The van der Waals surface area contributed by atoms with E-state index < -0.39 is 0 Å². The van der Waals surface area contributed by atoms with Crippen molar-refractivity contribution in [2.45, 2.75) is 84.0 Å².